The van der Waals surface area contributed by atoms with E-state index in [9.17, 15) is 0 Å². The molecule has 0 bridgehead atoms. The van der Waals surface area contributed by atoms with Gasteiger partial charge in [-0.05, 0) is 24.4 Å². The minimum Gasteiger partial charge on any atom is -0.323 e. The summed E-state index contributed by atoms with van der Waals surface area (Å²) in [5.41, 5.74) is 7.06. The Labute approximate surface area is 76.5 Å². The molecule has 12 heavy (non-hydrogen) atoms. The van der Waals surface area contributed by atoms with Crippen molar-refractivity contribution < 1.29 is 0 Å². The van der Waals surface area contributed by atoms with Gasteiger partial charge in [0.25, 0.3) is 0 Å². The van der Waals surface area contributed by atoms with Gasteiger partial charge in [-0.1, -0.05) is 23.6 Å². The molecule has 1 aromatic heterocycles. The Hall–Kier alpha value is -0.740. The molecule has 0 aliphatic heterocycles. The third-order valence-corrected chi connectivity index (χ3v) is 2.55. The Bertz CT molecular complexity index is 243. The summed E-state index contributed by atoms with van der Waals surface area (Å²) in [6.45, 7) is 5.99. The molecule has 1 unspecified atom stereocenters. The van der Waals surface area contributed by atoms with E-state index in [1.807, 2.05) is 0 Å². The molecule has 0 spiro atoms. The van der Waals surface area contributed by atoms with Crippen molar-refractivity contribution in [1.82, 2.24) is 9.59 Å². The van der Waals surface area contributed by atoms with Gasteiger partial charge in [-0.15, -0.1) is 5.10 Å². The summed E-state index contributed by atoms with van der Waals surface area (Å²) in [5.74, 6) is 0. The first-order valence-corrected chi connectivity index (χ1v) is 4.70. The van der Waals surface area contributed by atoms with E-state index in [1.165, 1.54) is 17.1 Å². The van der Waals surface area contributed by atoms with Crippen molar-refractivity contribution in [2.75, 3.05) is 0 Å². The van der Waals surface area contributed by atoms with Crippen molar-refractivity contribution in [2.24, 2.45) is 5.73 Å². The Balaban J connectivity index is 2.49. The summed E-state index contributed by atoms with van der Waals surface area (Å²) in [4.78, 5) is 1.03. The van der Waals surface area contributed by atoms with Crippen LogP contribution in [0.1, 0.15) is 30.7 Å². The van der Waals surface area contributed by atoms with Crippen LogP contribution in [0.5, 0.6) is 0 Å². The Morgan fingerprint density at radius 1 is 1.83 bits per heavy atom. The first kappa shape index (κ1) is 9.35. The van der Waals surface area contributed by atoms with Crippen LogP contribution in [0.25, 0.3) is 0 Å². The summed E-state index contributed by atoms with van der Waals surface area (Å²) in [5, 5.41) is 3.74. The molecule has 0 aliphatic rings. The first-order valence-electron chi connectivity index (χ1n) is 3.93. The summed E-state index contributed by atoms with van der Waals surface area (Å²) in [7, 11) is 0. The second-order valence-electron chi connectivity index (χ2n) is 2.73. The SMILES string of the molecule is C=C(CC)CC(N)c1cnns1. The molecule has 1 aromatic rings. The predicted molar refractivity (Wildman–Crippen MR) is 50.9 cm³/mol. The maximum Gasteiger partial charge on any atom is 0.0669 e. The van der Waals surface area contributed by atoms with Crippen LogP contribution in [0.3, 0.4) is 0 Å². The zero-order valence-corrected chi connectivity index (χ0v) is 7.97. The van der Waals surface area contributed by atoms with Crippen LogP contribution < -0.4 is 5.73 Å². The highest BCUT2D eigenvalue weighted by atomic mass is 32.1. The minimum atomic E-state index is 0.0254. The lowest BCUT2D eigenvalue weighted by Crippen LogP contribution is -2.08. The van der Waals surface area contributed by atoms with Crippen LogP contribution in [0, 0.1) is 0 Å². The molecule has 0 aromatic carbocycles. The molecule has 0 fully saturated rings. The Kier molecular flexibility index (Phi) is 3.37. The molecule has 0 aliphatic carbocycles. The van der Waals surface area contributed by atoms with E-state index in [1.54, 1.807) is 6.20 Å². The number of nitrogens with zero attached hydrogens (tertiary/aromatic N) is 2. The zero-order chi connectivity index (χ0) is 8.97. The summed E-state index contributed by atoms with van der Waals surface area (Å²) < 4.78 is 3.76. The van der Waals surface area contributed by atoms with Gasteiger partial charge in [0.15, 0.2) is 0 Å². The lowest BCUT2D eigenvalue weighted by Gasteiger charge is -2.08. The average Bonchev–Trinajstić information content (AvgIpc) is 2.56. The Morgan fingerprint density at radius 3 is 3.08 bits per heavy atom. The smallest absolute Gasteiger partial charge is 0.0669 e. The van der Waals surface area contributed by atoms with Gasteiger partial charge in [-0.2, -0.15) is 0 Å². The minimum absolute atomic E-state index is 0.0254. The molecular formula is C8H13N3S. The molecular weight excluding hydrogens is 170 g/mol. The van der Waals surface area contributed by atoms with Gasteiger partial charge in [0.1, 0.15) is 0 Å². The maximum absolute atomic E-state index is 5.89. The standard InChI is InChI=1S/C8H13N3S/c1-3-6(2)4-7(9)8-5-10-11-12-8/h5,7H,2-4,9H2,1H3. The van der Waals surface area contributed by atoms with Crippen molar-refractivity contribution >= 4 is 11.5 Å². The van der Waals surface area contributed by atoms with Crippen molar-refractivity contribution in [1.29, 1.82) is 0 Å². The predicted octanol–water partition coefficient (Wildman–Crippen LogP) is 1.89. The van der Waals surface area contributed by atoms with E-state index in [-0.39, 0.29) is 6.04 Å². The van der Waals surface area contributed by atoms with Gasteiger partial charge in [0, 0.05) is 6.04 Å². The highest BCUT2D eigenvalue weighted by Crippen LogP contribution is 2.20. The molecule has 0 amide bonds. The lowest BCUT2D eigenvalue weighted by atomic mass is 10.1. The summed E-state index contributed by atoms with van der Waals surface area (Å²) >= 11 is 1.36. The molecule has 1 heterocycles. The monoisotopic (exact) mass is 183 g/mol. The number of hydrogen-bond acceptors (Lipinski definition) is 4. The third-order valence-electron chi connectivity index (χ3n) is 1.75. The molecule has 1 atom stereocenters. The quantitative estimate of drug-likeness (QED) is 0.725. The number of aromatic nitrogens is 2. The van der Waals surface area contributed by atoms with E-state index >= 15 is 0 Å². The van der Waals surface area contributed by atoms with Crippen LogP contribution in [0.2, 0.25) is 0 Å². The largest absolute Gasteiger partial charge is 0.323 e. The zero-order valence-electron chi connectivity index (χ0n) is 7.16. The fourth-order valence-electron chi connectivity index (χ4n) is 0.894. The third kappa shape index (κ3) is 2.39. The van der Waals surface area contributed by atoms with E-state index in [0.29, 0.717) is 0 Å². The highest BCUT2D eigenvalue weighted by molar-refractivity contribution is 7.05. The van der Waals surface area contributed by atoms with Crippen LogP contribution >= 0.6 is 11.5 Å². The van der Waals surface area contributed by atoms with E-state index < -0.39 is 0 Å². The van der Waals surface area contributed by atoms with E-state index in [4.69, 9.17) is 5.73 Å². The number of nitrogens with two attached hydrogens (primary N) is 1. The second kappa shape index (κ2) is 4.33. The van der Waals surface area contributed by atoms with Crippen molar-refractivity contribution in [2.45, 2.75) is 25.8 Å². The fraction of sp³-hybridized carbons (Fsp3) is 0.500. The second-order valence-corrected chi connectivity index (χ2v) is 3.55. The van der Waals surface area contributed by atoms with Crippen molar-refractivity contribution in [3.63, 3.8) is 0 Å². The van der Waals surface area contributed by atoms with Crippen LogP contribution in [-0.4, -0.2) is 9.59 Å². The molecule has 4 heteroatoms. The van der Waals surface area contributed by atoms with Gasteiger partial charge in [0.05, 0.1) is 11.1 Å². The van der Waals surface area contributed by atoms with Crippen molar-refractivity contribution in [3.05, 3.63) is 23.2 Å². The maximum atomic E-state index is 5.89. The number of rotatable bonds is 4. The van der Waals surface area contributed by atoms with Gasteiger partial charge < -0.3 is 5.73 Å². The lowest BCUT2D eigenvalue weighted by molar-refractivity contribution is 0.712. The summed E-state index contributed by atoms with van der Waals surface area (Å²) in [6.07, 6.45) is 3.54. The first-order chi connectivity index (χ1) is 5.74. The van der Waals surface area contributed by atoms with Crippen molar-refractivity contribution in [3.8, 4) is 0 Å². The highest BCUT2D eigenvalue weighted by Gasteiger charge is 2.08. The average molecular weight is 183 g/mol. The molecule has 3 nitrogen and oxygen atoms in total. The summed E-state index contributed by atoms with van der Waals surface area (Å²) in [6, 6.07) is 0.0254. The van der Waals surface area contributed by atoms with Crippen LogP contribution in [0.15, 0.2) is 18.3 Å². The van der Waals surface area contributed by atoms with Gasteiger partial charge in [-0.3, -0.25) is 0 Å². The van der Waals surface area contributed by atoms with Gasteiger partial charge in [-0.25, -0.2) is 0 Å². The molecule has 2 N–H and O–H groups in total. The molecule has 0 saturated carbocycles. The Morgan fingerprint density at radius 2 is 2.58 bits per heavy atom. The topological polar surface area (TPSA) is 51.8 Å². The molecule has 1 rings (SSSR count). The van der Waals surface area contributed by atoms with E-state index in [2.05, 4.69) is 23.1 Å². The van der Waals surface area contributed by atoms with Gasteiger partial charge >= 0.3 is 0 Å². The fourth-order valence-corrected chi connectivity index (χ4v) is 1.40. The number of hydrogen-bond donors (Lipinski definition) is 1. The van der Waals surface area contributed by atoms with Gasteiger partial charge in [0.2, 0.25) is 0 Å². The molecule has 0 saturated heterocycles. The van der Waals surface area contributed by atoms with Crippen LogP contribution in [0.4, 0.5) is 0 Å². The molecule has 66 valence electrons. The van der Waals surface area contributed by atoms with Crippen LogP contribution in [-0.2, 0) is 0 Å². The molecule has 0 radical (unpaired) electrons. The van der Waals surface area contributed by atoms with E-state index in [0.717, 1.165) is 17.7 Å². The normalized spacial score (nSPS) is 12.8.